The number of anilines is 2. The molecule has 0 heterocycles. The van der Waals surface area contributed by atoms with Crippen LogP contribution in [0.5, 0.6) is 0 Å². The number of aliphatic hydroxyl groups excluding tert-OH is 1. The van der Waals surface area contributed by atoms with Crippen molar-refractivity contribution in [2.45, 2.75) is 18.9 Å². The number of nitrogens with two attached hydrogens (primary N) is 1. The molecule has 0 saturated heterocycles. The van der Waals surface area contributed by atoms with Gasteiger partial charge in [-0.2, -0.15) is 0 Å². The van der Waals surface area contributed by atoms with Gasteiger partial charge in [0.25, 0.3) is 0 Å². The summed E-state index contributed by atoms with van der Waals surface area (Å²) in [6, 6.07) is 23.1. The minimum atomic E-state index is -0.862. The molecule has 144 valence electrons. The highest BCUT2D eigenvalue weighted by Crippen LogP contribution is 2.28. The van der Waals surface area contributed by atoms with Gasteiger partial charge in [-0.15, -0.1) is 0 Å². The number of carboxylic acids is 1. The highest BCUT2D eigenvalue weighted by molar-refractivity contribution is 5.76. The summed E-state index contributed by atoms with van der Waals surface area (Å²) in [6.45, 7) is 0.0561. The second-order valence-electron chi connectivity index (χ2n) is 6.68. The first kappa shape index (κ1) is 19.6. The van der Waals surface area contributed by atoms with E-state index in [0.717, 1.165) is 33.6 Å². The molecule has 0 spiro atoms. The molecule has 0 saturated carbocycles. The van der Waals surface area contributed by atoms with Crippen molar-refractivity contribution in [1.82, 2.24) is 0 Å². The normalized spacial score (nSPS) is 11.8. The first-order chi connectivity index (χ1) is 13.6. The van der Waals surface area contributed by atoms with E-state index in [1.165, 1.54) is 0 Å². The lowest BCUT2D eigenvalue weighted by Gasteiger charge is -2.14. The van der Waals surface area contributed by atoms with Crippen LogP contribution >= 0.6 is 0 Å². The molecular weight excluding hydrogens is 352 g/mol. The van der Waals surface area contributed by atoms with E-state index in [-0.39, 0.29) is 19.1 Å². The molecule has 5 heteroatoms. The van der Waals surface area contributed by atoms with E-state index >= 15 is 0 Å². The molecule has 0 radical (unpaired) electrons. The van der Waals surface area contributed by atoms with Crippen molar-refractivity contribution in [2.75, 3.05) is 11.9 Å². The first-order valence-corrected chi connectivity index (χ1v) is 9.20. The SMILES string of the molecule is NC(CCO)c1cccc(-c2cccc(Nc3ccccc3CC(=O)O)c2)c1. The summed E-state index contributed by atoms with van der Waals surface area (Å²) < 4.78 is 0. The fourth-order valence-electron chi connectivity index (χ4n) is 3.15. The van der Waals surface area contributed by atoms with Gasteiger partial charge in [-0.3, -0.25) is 4.79 Å². The minimum absolute atomic E-state index is 0.0341. The van der Waals surface area contributed by atoms with Gasteiger partial charge in [0.1, 0.15) is 0 Å². The maximum Gasteiger partial charge on any atom is 0.307 e. The molecule has 1 atom stereocenters. The maximum absolute atomic E-state index is 11.1. The van der Waals surface area contributed by atoms with Crippen molar-refractivity contribution in [3.8, 4) is 11.1 Å². The molecular formula is C23H24N2O3. The molecule has 0 aromatic heterocycles. The van der Waals surface area contributed by atoms with Crippen LogP contribution < -0.4 is 11.1 Å². The van der Waals surface area contributed by atoms with Crippen molar-refractivity contribution in [3.63, 3.8) is 0 Å². The largest absolute Gasteiger partial charge is 0.481 e. The van der Waals surface area contributed by atoms with Crippen LogP contribution in [-0.2, 0) is 11.2 Å². The van der Waals surface area contributed by atoms with Crippen LogP contribution in [-0.4, -0.2) is 22.8 Å². The third-order valence-electron chi connectivity index (χ3n) is 4.59. The molecule has 5 N–H and O–H groups in total. The molecule has 3 aromatic carbocycles. The second kappa shape index (κ2) is 9.17. The summed E-state index contributed by atoms with van der Waals surface area (Å²) in [7, 11) is 0. The summed E-state index contributed by atoms with van der Waals surface area (Å²) in [4.78, 5) is 11.1. The number of aliphatic hydroxyl groups is 1. The van der Waals surface area contributed by atoms with E-state index in [2.05, 4.69) is 5.32 Å². The predicted octanol–water partition coefficient (Wildman–Crippen LogP) is 4.11. The molecule has 1 unspecified atom stereocenters. The molecule has 5 nitrogen and oxygen atoms in total. The zero-order chi connectivity index (χ0) is 19.9. The lowest BCUT2D eigenvalue weighted by atomic mass is 9.98. The smallest absolute Gasteiger partial charge is 0.307 e. The van der Waals surface area contributed by atoms with Gasteiger partial charge in [0.2, 0.25) is 0 Å². The molecule has 0 aliphatic rings. The van der Waals surface area contributed by atoms with Gasteiger partial charge >= 0.3 is 5.97 Å². The Labute approximate surface area is 164 Å². The second-order valence-corrected chi connectivity index (χ2v) is 6.68. The molecule has 0 fully saturated rings. The molecule has 3 rings (SSSR count). The Balaban J connectivity index is 1.86. The van der Waals surface area contributed by atoms with Gasteiger partial charge in [0.15, 0.2) is 0 Å². The van der Waals surface area contributed by atoms with E-state index < -0.39 is 5.97 Å². The van der Waals surface area contributed by atoms with Gasteiger partial charge in [-0.1, -0.05) is 48.5 Å². The Morgan fingerprint density at radius 2 is 1.68 bits per heavy atom. The summed E-state index contributed by atoms with van der Waals surface area (Å²) in [5.74, 6) is -0.862. The number of hydrogen-bond acceptors (Lipinski definition) is 4. The quantitative estimate of drug-likeness (QED) is 0.475. The van der Waals surface area contributed by atoms with E-state index in [4.69, 9.17) is 15.9 Å². The van der Waals surface area contributed by atoms with Gasteiger partial charge in [-0.05, 0) is 52.9 Å². The summed E-state index contributed by atoms with van der Waals surface area (Å²) in [6.07, 6.45) is 0.485. The van der Waals surface area contributed by atoms with E-state index in [1.807, 2.05) is 72.8 Å². The third kappa shape index (κ3) is 4.97. The van der Waals surface area contributed by atoms with Gasteiger partial charge < -0.3 is 21.3 Å². The number of rotatable bonds is 8. The fraction of sp³-hybridized carbons (Fsp3) is 0.174. The number of aliphatic carboxylic acids is 1. The molecule has 0 bridgehead atoms. The van der Waals surface area contributed by atoms with Crippen LogP contribution in [0.3, 0.4) is 0 Å². The molecule has 0 amide bonds. The van der Waals surface area contributed by atoms with Crippen LogP contribution in [0.1, 0.15) is 23.6 Å². The average Bonchev–Trinajstić information content (AvgIpc) is 2.70. The Morgan fingerprint density at radius 1 is 0.964 bits per heavy atom. The maximum atomic E-state index is 11.1. The monoisotopic (exact) mass is 376 g/mol. The number of carbonyl (C=O) groups is 1. The van der Waals surface area contributed by atoms with Crippen LogP contribution in [0.25, 0.3) is 11.1 Å². The zero-order valence-electron chi connectivity index (χ0n) is 15.5. The Bertz CT molecular complexity index is 956. The topological polar surface area (TPSA) is 95.6 Å². The predicted molar refractivity (Wildman–Crippen MR) is 112 cm³/mol. The summed E-state index contributed by atoms with van der Waals surface area (Å²) in [5.41, 5.74) is 11.6. The van der Waals surface area contributed by atoms with Crippen molar-refractivity contribution >= 4 is 17.3 Å². The van der Waals surface area contributed by atoms with E-state index in [9.17, 15) is 4.79 Å². The third-order valence-corrected chi connectivity index (χ3v) is 4.59. The van der Waals surface area contributed by atoms with Crippen LogP contribution in [0.15, 0.2) is 72.8 Å². The highest BCUT2D eigenvalue weighted by Gasteiger charge is 2.09. The van der Waals surface area contributed by atoms with Crippen molar-refractivity contribution in [2.24, 2.45) is 5.73 Å². The number of para-hydroxylation sites is 1. The lowest BCUT2D eigenvalue weighted by Crippen LogP contribution is -2.11. The zero-order valence-corrected chi connectivity index (χ0v) is 15.5. The number of carboxylic acid groups (broad SMARTS) is 1. The number of benzene rings is 3. The first-order valence-electron chi connectivity index (χ1n) is 9.20. The molecule has 28 heavy (non-hydrogen) atoms. The summed E-state index contributed by atoms with van der Waals surface area (Å²) in [5, 5.41) is 21.5. The van der Waals surface area contributed by atoms with Crippen LogP contribution in [0, 0.1) is 0 Å². The van der Waals surface area contributed by atoms with E-state index in [1.54, 1.807) is 0 Å². The molecule has 0 aliphatic carbocycles. The number of nitrogens with one attached hydrogen (secondary N) is 1. The van der Waals surface area contributed by atoms with Crippen molar-refractivity contribution in [3.05, 3.63) is 83.9 Å². The minimum Gasteiger partial charge on any atom is -0.481 e. The van der Waals surface area contributed by atoms with Gasteiger partial charge in [0.05, 0.1) is 6.42 Å². The Morgan fingerprint density at radius 3 is 2.43 bits per heavy atom. The molecule has 3 aromatic rings. The highest BCUT2D eigenvalue weighted by atomic mass is 16.4. The van der Waals surface area contributed by atoms with Crippen LogP contribution in [0.2, 0.25) is 0 Å². The Kier molecular flexibility index (Phi) is 6.42. The standard InChI is InChI=1S/C23H24N2O3/c24-21(11-12-26)18-8-3-6-16(13-18)17-7-4-9-20(14-17)25-22-10-2-1-5-19(22)15-23(27)28/h1-10,13-14,21,25-26H,11-12,15,24H2,(H,27,28). The van der Waals surface area contributed by atoms with Gasteiger partial charge in [-0.25, -0.2) is 0 Å². The lowest BCUT2D eigenvalue weighted by molar-refractivity contribution is -0.136. The summed E-state index contributed by atoms with van der Waals surface area (Å²) >= 11 is 0. The van der Waals surface area contributed by atoms with E-state index in [0.29, 0.717) is 6.42 Å². The fourth-order valence-corrected chi connectivity index (χ4v) is 3.15. The van der Waals surface area contributed by atoms with Crippen LogP contribution in [0.4, 0.5) is 11.4 Å². The molecule has 0 aliphatic heterocycles. The number of hydrogen-bond donors (Lipinski definition) is 4. The average molecular weight is 376 g/mol. The van der Waals surface area contributed by atoms with Crippen molar-refractivity contribution in [1.29, 1.82) is 0 Å². The Hall–Kier alpha value is -3.15. The van der Waals surface area contributed by atoms with Gasteiger partial charge in [0, 0.05) is 24.0 Å². The van der Waals surface area contributed by atoms with Crippen molar-refractivity contribution < 1.29 is 15.0 Å².